The number of hydrogen-bond donors (Lipinski definition) is 1. The topological polar surface area (TPSA) is 58.6 Å². The highest BCUT2D eigenvalue weighted by Gasteiger charge is 2.26. The van der Waals surface area contributed by atoms with Gasteiger partial charge in [-0.15, -0.1) is 11.3 Å². The number of carbonyl (C=O) groups is 2. The van der Waals surface area contributed by atoms with E-state index in [-0.39, 0.29) is 17.9 Å². The number of rotatable bonds is 5. The molecule has 154 valence electrons. The Labute approximate surface area is 176 Å². The summed E-state index contributed by atoms with van der Waals surface area (Å²) >= 11 is 1.65. The average Bonchev–Trinajstić information content (AvgIpc) is 3.19. The van der Waals surface area contributed by atoms with E-state index in [2.05, 4.69) is 11.4 Å². The van der Waals surface area contributed by atoms with Crippen molar-refractivity contribution >= 4 is 23.2 Å². The molecule has 1 aromatic carbocycles. The summed E-state index contributed by atoms with van der Waals surface area (Å²) in [5, 5.41) is 3.19. The van der Waals surface area contributed by atoms with Crippen LogP contribution in [0.2, 0.25) is 0 Å². The molecule has 1 aliphatic heterocycles. The first-order chi connectivity index (χ1) is 14.1. The van der Waals surface area contributed by atoms with Gasteiger partial charge in [-0.25, -0.2) is 0 Å². The minimum Gasteiger partial charge on any atom is -0.496 e. The molecule has 29 heavy (non-hydrogen) atoms. The zero-order valence-electron chi connectivity index (χ0n) is 16.9. The van der Waals surface area contributed by atoms with Gasteiger partial charge < -0.3 is 15.0 Å². The number of likely N-dealkylation sites (tertiary alicyclic amines) is 1. The van der Waals surface area contributed by atoms with Gasteiger partial charge in [0.05, 0.1) is 18.4 Å². The van der Waals surface area contributed by atoms with Crippen molar-refractivity contribution in [2.24, 2.45) is 0 Å². The van der Waals surface area contributed by atoms with Crippen molar-refractivity contribution in [1.82, 2.24) is 10.2 Å². The second-order valence-electron chi connectivity index (χ2n) is 7.88. The SMILES string of the molecule is COc1ccccc1CC(=O)N1CCC(NC(=O)c2cc3c(s2)CCCC3)CC1. The molecule has 0 spiro atoms. The van der Waals surface area contributed by atoms with Gasteiger partial charge in [0.25, 0.3) is 5.91 Å². The molecule has 1 saturated heterocycles. The van der Waals surface area contributed by atoms with Crippen molar-refractivity contribution < 1.29 is 14.3 Å². The van der Waals surface area contributed by atoms with Crippen molar-refractivity contribution in [3.63, 3.8) is 0 Å². The molecule has 1 aromatic heterocycles. The van der Waals surface area contributed by atoms with Gasteiger partial charge in [0.15, 0.2) is 0 Å². The van der Waals surface area contributed by atoms with Gasteiger partial charge in [-0.05, 0) is 56.2 Å². The number of fused-ring (bicyclic) bond motifs is 1. The van der Waals surface area contributed by atoms with Crippen LogP contribution >= 0.6 is 11.3 Å². The van der Waals surface area contributed by atoms with Crippen LogP contribution in [-0.2, 0) is 24.1 Å². The van der Waals surface area contributed by atoms with E-state index in [9.17, 15) is 9.59 Å². The van der Waals surface area contributed by atoms with Crippen LogP contribution in [0.3, 0.4) is 0 Å². The summed E-state index contributed by atoms with van der Waals surface area (Å²) < 4.78 is 5.35. The number of piperidine rings is 1. The van der Waals surface area contributed by atoms with Crippen molar-refractivity contribution in [3.8, 4) is 5.75 Å². The van der Waals surface area contributed by atoms with Gasteiger partial charge in [-0.3, -0.25) is 9.59 Å². The number of benzene rings is 1. The van der Waals surface area contributed by atoms with E-state index >= 15 is 0 Å². The summed E-state index contributed by atoms with van der Waals surface area (Å²) in [5.74, 6) is 0.912. The summed E-state index contributed by atoms with van der Waals surface area (Å²) in [6.07, 6.45) is 6.62. The highest BCUT2D eigenvalue weighted by molar-refractivity contribution is 7.14. The smallest absolute Gasteiger partial charge is 0.261 e. The molecule has 1 fully saturated rings. The Morgan fingerprint density at radius 3 is 2.69 bits per heavy atom. The van der Waals surface area contributed by atoms with Gasteiger partial charge in [-0.2, -0.15) is 0 Å². The lowest BCUT2D eigenvalue weighted by Crippen LogP contribution is -2.46. The molecule has 1 aliphatic carbocycles. The maximum absolute atomic E-state index is 12.7. The summed E-state index contributed by atoms with van der Waals surface area (Å²) in [6.45, 7) is 1.36. The number of nitrogens with one attached hydrogen (secondary N) is 1. The van der Waals surface area contributed by atoms with Crippen LogP contribution in [0.25, 0.3) is 0 Å². The van der Waals surface area contributed by atoms with E-state index in [0.29, 0.717) is 19.5 Å². The molecule has 2 aliphatic rings. The molecule has 1 N–H and O–H groups in total. The number of carbonyl (C=O) groups excluding carboxylic acids is 2. The number of nitrogens with zero attached hydrogens (tertiary/aromatic N) is 1. The Hall–Kier alpha value is -2.34. The zero-order valence-corrected chi connectivity index (χ0v) is 17.7. The molecule has 0 unspecified atom stereocenters. The van der Waals surface area contributed by atoms with Crippen LogP contribution in [0.4, 0.5) is 0 Å². The number of thiophene rings is 1. The average molecular weight is 413 g/mol. The van der Waals surface area contributed by atoms with E-state index in [0.717, 1.165) is 41.9 Å². The van der Waals surface area contributed by atoms with Crippen molar-refractivity contribution in [3.05, 3.63) is 51.2 Å². The minimum absolute atomic E-state index is 0.0446. The monoisotopic (exact) mass is 412 g/mol. The predicted molar refractivity (Wildman–Crippen MR) is 115 cm³/mol. The van der Waals surface area contributed by atoms with Crippen LogP contribution < -0.4 is 10.1 Å². The Kier molecular flexibility index (Phi) is 6.19. The summed E-state index contributed by atoms with van der Waals surface area (Å²) in [4.78, 5) is 29.5. The lowest BCUT2D eigenvalue weighted by atomic mass is 9.99. The number of aryl methyl sites for hydroxylation is 2. The molecule has 2 amide bonds. The number of amides is 2. The van der Waals surface area contributed by atoms with Gasteiger partial charge in [0, 0.05) is 29.6 Å². The number of ether oxygens (including phenoxy) is 1. The molecule has 0 atom stereocenters. The summed E-state index contributed by atoms with van der Waals surface area (Å²) in [7, 11) is 1.63. The van der Waals surface area contributed by atoms with Gasteiger partial charge in [-0.1, -0.05) is 18.2 Å². The number of hydrogen-bond acceptors (Lipinski definition) is 4. The fourth-order valence-electron chi connectivity index (χ4n) is 4.26. The molecule has 5 nitrogen and oxygen atoms in total. The number of methoxy groups -OCH3 is 1. The normalized spacial score (nSPS) is 16.9. The largest absolute Gasteiger partial charge is 0.496 e. The van der Waals surface area contributed by atoms with Crippen LogP contribution in [-0.4, -0.2) is 43.0 Å². The van der Waals surface area contributed by atoms with Crippen LogP contribution in [0.1, 0.15) is 51.4 Å². The minimum atomic E-state index is 0.0446. The van der Waals surface area contributed by atoms with E-state index in [1.165, 1.54) is 23.3 Å². The van der Waals surface area contributed by atoms with E-state index < -0.39 is 0 Å². The molecule has 4 rings (SSSR count). The van der Waals surface area contributed by atoms with E-state index in [1.807, 2.05) is 29.2 Å². The fourth-order valence-corrected chi connectivity index (χ4v) is 5.41. The molecule has 0 radical (unpaired) electrons. The molecular weight excluding hydrogens is 384 g/mol. The molecule has 0 bridgehead atoms. The summed E-state index contributed by atoms with van der Waals surface area (Å²) in [5.41, 5.74) is 2.28. The van der Waals surface area contributed by atoms with Gasteiger partial charge >= 0.3 is 0 Å². The van der Waals surface area contributed by atoms with Crippen LogP contribution in [0.15, 0.2) is 30.3 Å². The molecule has 2 heterocycles. The van der Waals surface area contributed by atoms with Crippen molar-refractivity contribution in [2.45, 2.75) is 51.0 Å². The maximum atomic E-state index is 12.7. The maximum Gasteiger partial charge on any atom is 0.261 e. The second kappa shape index (κ2) is 8.99. The molecule has 0 saturated carbocycles. The fraction of sp³-hybridized carbons (Fsp3) is 0.478. The first-order valence-corrected chi connectivity index (χ1v) is 11.3. The first-order valence-electron chi connectivity index (χ1n) is 10.5. The van der Waals surface area contributed by atoms with E-state index in [4.69, 9.17) is 4.74 Å². The Morgan fingerprint density at radius 2 is 1.93 bits per heavy atom. The van der Waals surface area contributed by atoms with Gasteiger partial charge in [0.2, 0.25) is 5.91 Å². The predicted octanol–water partition coefficient (Wildman–Crippen LogP) is 3.60. The Balaban J connectivity index is 1.28. The highest BCUT2D eigenvalue weighted by atomic mass is 32.1. The van der Waals surface area contributed by atoms with Crippen LogP contribution in [0.5, 0.6) is 5.75 Å². The van der Waals surface area contributed by atoms with E-state index in [1.54, 1.807) is 18.4 Å². The third-order valence-corrected chi connectivity index (χ3v) is 7.17. The molecule has 6 heteroatoms. The van der Waals surface area contributed by atoms with Crippen LogP contribution in [0, 0.1) is 0 Å². The molecule has 2 aromatic rings. The standard InChI is InChI=1S/C23H28N2O3S/c1-28-19-8-4-2-6-16(19)15-22(26)25-12-10-18(11-13-25)24-23(27)21-14-17-7-3-5-9-20(17)29-21/h2,4,6,8,14,18H,3,5,7,9-13,15H2,1H3,(H,24,27). The van der Waals surface area contributed by atoms with Gasteiger partial charge in [0.1, 0.15) is 5.75 Å². The third-order valence-electron chi connectivity index (χ3n) is 5.94. The highest BCUT2D eigenvalue weighted by Crippen LogP contribution is 2.30. The Morgan fingerprint density at radius 1 is 1.17 bits per heavy atom. The number of para-hydroxylation sites is 1. The zero-order chi connectivity index (χ0) is 20.2. The quantitative estimate of drug-likeness (QED) is 0.816. The lowest BCUT2D eigenvalue weighted by Gasteiger charge is -2.32. The van der Waals surface area contributed by atoms with Crippen molar-refractivity contribution in [1.29, 1.82) is 0 Å². The Bertz CT molecular complexity index is 860. The third kappa shape index (κ3) is 4.64. The first kappa shape index (κ1) is 20.0. The summed E-state index contributed by atoms with van der Waals surface area (Å²) in [6, 6.07) is 9.87. The lowest BCUT2D eigenvalue weighted by molar-refractivity contribution is -0.131. The van der Waals surface area contributed by atoms with Crippen molar-refractivity contribution in [2.75, 3.05) is 20.2 Å². The second-order valence-corrected chi connectivity index (χ2v) is 9.02. The molecular formula is C23H28N2O3S.